The maximum atomic E-state index is 12.7. The number of ether oxygens (including phenoxy) is 5. The largest absolute Gasteiger partial charge is 0.463 e. The fraction of sp³-hybridized carbons (Fsp3) is 0.784. The van der Waals surface area contributed by atoms with Gasteiger partial charge in [0.2, 0.25) is 5.91 Å². The molecule has 4 aliphatic carbocycles. The molecule has 3 saturated carbocycles. The third-order valence-corrected chi connectivity index (χ3v) is 12.2. The van der Waals surface area contributed by atoms with Gasteiger partial charge in [0, 0.05) is 27.2 Å². The molecule has 0 aromatic carbocycles. The van der Waals surface area contributed by atoms with Crippen molar-refractivity contribution < 1.29 is 42.9 Å². The molecule has 262 valence electrons. The molecule has 5 rings (SSSR count). The van der Waals surface area contributed by atoms with Gasteiger partial charge in [-0.15, -0.1) is 6.58 Å². The van der Waals surface area contributed by atoms with Crippen molar-refractivity contribution in [3.05, 3.63) is 24.3 Å². The number of carbonyl (C=O) groups excluding carboxylic acids is 4. The lowest BCUT2D eigenvalue weighted by Crippen LogP contribution is -2.67. The van der Waals surface area contributed by atoms with Crippen LogP contribution >= 0.6 is 0 Å². The van der Waals surface area contributed by atoms with Crippen molar-refractivity contribution in [1.82, 2.24) is 5.32 Å². The second kappa shape index (κ2) is 14.4. The van der Waals surface area contributed by atoms with Gasteiger partial charge in [-0.25, -0.2) is 0 Å². The van der Waals surface area contributed by atoms with Crippen LogP contribution in [0.25, 0.3) is 0 Å². The van der Waals surface area contributed by atoms with Crippen LogP contribution in [0.15, 0.2) is 24.3 Å². The first-order chi connectivity index (χ1) is 22.3. The molecule has 0 radical (unpaired) electrons. The van der Waals surface area contributed by atoms with E-state index in [4.69, 9.17) is 23.7 Å². The van der Waals surface area contributed by atoms with E-state index in [9.17, 15) is 19.2 Å². The highest BCUT2D eigenvalue weighted by atomic mass is 16.7. The van der Waals surface area contributed by atoms with Crippen molar-refractivity contribution in [2.75, 3.05) is 6.61 Å². The molecule has 0 aromatic rings. The summed E-state index contributed by atoms with van der Waals surface area (Å²) in [6, 6.07) is -0.960. The summed E-state index contributed by atoms with van der Waals surface area (Å²) in [5, 5.41) is 2.84. The van der Waals surface area contributed by atoms with Crippen molar-refractivity contribution in [2.24, 2.45) is 34.5 Å². The van der Waals surface area contributed by atoms with Crippen LogP contribution in [0, 0.1) is 34.5 Å². The number of allylic oxidation sites excluding steroid dienone is 2. The van der Waals surface area contributed by atoms with E-state index in [0.29, 0.717) is 29.6 Å². The van der Waals surface area contributed by atoms with Gasteiger partial charge in [-0.2, -0.15) is 0 Å². The highest BCUT2D eigenvalue weighted by molar-refractivity contribution is 5.74. The molecule has 1 aliphatic heterocycles. The van der Waals surface area contributed by atoms with Gasteiger partial charge < -0.3 is 29.0 Å². The van der Waals surface area contributed by atoms with Crippen molar-refractivity contribution in [3.8, 4) is 0 Å². The number of esters is 3. The first-order valence-electron chi connectivity index (χ1n) is 17.7. The Kier molecular flexibility index (Phi) is 10.9. The van der Waals surface area contributed by atoms with Gasteiger partial charge in [-0.05, 0) is 92.3 Å². The highest BCUT2D eigenvalue weighted by Gasteiger charge is 2.59. The summed E-state index contributed by atoms with van der Waals surface area (Å²) in [7, 11) is 0. The molecule has 1 N–H and O–H groups in total. The van der Waals surface area contributed by atoms with Crippen LogP contribution in [0.5, 0.6) is 0 Å². The molecular weight excluding hydrogens is 602 g/mol. The second-order valence-electron chi connectivity index (χ2n) is 15.1. The van der Waals surface area contributed by atoms with Crippen molar-refractivity contribution in [3.63, 3.8) is 0 Å². The van der Waals surface area contributed by atoms with Gasteiger partial charge in [0.05, 0.1) is 6.10 Å². The minimum Gasteiger partial charge on any atom is -0.463 e. The Morgan fingerprint density at radius 3 is 2.43 bits per heavy atom. The highest BCUT2D eigenvalue weighted by Crippen LogP contribution is 2.66. The normalized spacial score (nSPS) is 40.9. The van der Waals surface area contributed by atoms with Gasteiger partial charge in [0.1, 0.15) is 18.8 Å². The van der Waals surface area contributed by atoms with Crippen LogP contribution in [0.2, 0.25) is 0 Å². The number of nitrogens with one attached hydrogen (secondary N) is 1. The SMILES string of the molecule is C=C[C@H]1CC[C@@H]2[C@H]3CC=C4C[C@@H](O[C@H]5O[C@@H](COC(C)=O)[C@H](OC(=O)CCC)[C@H](OC(C)=O)[C@@H]5NC(C)=O)CC[C@]4(C)[C@@H]3CC[C@@]21C. The summed E-state index contributed by atoms with van der Waals surface area (Å²) in [4.78, 5) is 49.3. The lowest BCUT2D eigenvalue weighted by Gasteiger charge is -2.58. The Morgan fingerprint density at radius 2 is 1.77 bits per heavy atom. The van der Waals surface area contributed by atoms with E-state index < -0.39 is 48.6 Å². The van der Waals surface area contributed by atoms with Gasteiger partial charge in [-0.1, -0.05) is 38.5 Å². The van der Waals surface area contributed by atoms with Crippen LogP contribution in [0.3, 0.4) is 0 Å². The van der Waals surface area contributed by atoms with E-state index in [0.717, 1.165) is 31.6 Å². The summed E-state index contributed by atoms with van der Waals surface area (Å²) in [6.45, 7) is 14.6. The van der Waals surface area contributed by atoms with Crippen molar-refractivity contribution in [2.45, 2.75) is 142 Å². The third kappa shape index (κ3) is 7.19. The Labute approximate surface area is 279 Å². The van der Waals surface area contributed by atoms with E-state index in [1.54, 1.807) is 0 Å². The Hall–Kier alpha value is -2.72. The molecule has 0 aromatic heterocycles. The monoisotopic (exact) mass is 657 g/mol. The number of fused-ring (bicyclic) bond motifs is 5. The predicted octanol–water partition coefficient (Wildman–Crippen LogP) is 5.57. The van der Waals surface area contributed by atoms with Crippen LogP contribution < -0.4 is 5.32 Å². The fourth-order valence-corrected chi connectivity index (χ4v) is 9.99. The van der Waals surface area contributed by atoms with Crippen LogP contribution in [-0.4, -0.2) is 67.2 Å². The zero-order valence-electron chi connectivity index (χ0n) is 29.1. The summed E-state index contributed by atoms with van der Waals surface area (Å²) in [6.07, 6.45) is 9.53. The van der Waals surface area contributed by atoms with Gasteiger partial charge >= 0.3 is 17.9 Å². The molecule has 0 unspecified atom stereocenters. The molecule has 10 nitrogen and oxygen atoms in total. The molecule has 1 heterocycles. The quantitative estimate of drug-likeness (QED) is 0.182. The molecule has 4 fully saturated rings. The average Bonchev–Trinajstić information content (AvgIpc) is 3.35. The molecule has 5 aliphatic rings. The van der Waals surface area contributed by atoms with Crippen LogP contribution in [0.4, 0.5) is 0 Å². The van der Waals surface area contributed by atoms with Gasteiger partial charge in [-0.3, -0.25) is 19.2 Å². The molecule has 1 saturated heterocycles. The molecule has 12 atom stereocenters. The maximum absolute atomic E-state index is 12.7. The van der Waals surface area contributed by atoms with Crippen LogP contribution in [0.1, 0.15) is 106 Å². The summed E-state index contributed by atoms with van der Waals surface area (Å²) >= 11 is 0. The smallest absolute Gasteiger partial charge is 0.306 e. The summed E-state index contributed by atoms with van der Waals surface area (Å²) < 4.78 is 29.8. The number of amides is 1. The minimum absolute atomic E-state index is 0.109. The lowest BCUT2D eigenvalue weighted by atomic mass is 9.47. The van der Waals surface area contributed by atoms with Gasteiger partial charge in [0.25, 0.3) is 0 Å². The first-order valence-corrected chi connectivity index (χ1v) is 17.7. The van der Waals surface area contributed by atoms with E-state index in [1.165, 1.54) is 52.0 Å². The Balaban J connectivity index is 1.37. The maximum Gasteiger partial charge on any atom is 0.306 e. The van der Waals surface area contributed by atoms with Crippen LogP contribution in [-0.2, 0) is 42.9 Å². The molecule has 47 heavy (non-hydrogen) atoms. The molecule has 1 amide bonds. The molecule has 0 spiro atoms. The van der Waals surface area contributed by atoms with Gasteiger partial charge in [0.15, 0.2) is 18.5 Å². The zero-order chi connectivity index (χ0) is 34.1. The van der Waals surface area contributed by atoms with E-state index in [-0.39, 0.29) is 30.5 Å². The zero-order valence-corrected chi connectivity index (χ0v) is 29.1. The standard InChI is InChI=1S/C37H55NO9/c1-8-10-31(42)47-33-30(20-43-22(4)40)46-35(32(38-21(3)39)34(33)44-23(5)41)45-26-15-17-37(7)25(19-26)11-13-27-28-14-12-24(9-2)36(28,6)18-16-29(27)37/h9,11,24,26-30,32-35H,2,8,10,12-20H2,1,3-7H3,(H,38,39)/t24-,26-,27+,28+,29+,30-,32-,33-,34+,35-,36+,37-/m0/s1. The topological polar surface area (TPSA) is 126 Å². The first kappa shape index (κ1) is 35.6. The molecule has 0 bridgehead atoms. The third-order valence-electron chi connectivity index (χ3n) is 12.2. The Bertz CT molecular complexity index is 1250. The van der Waals surface area contributed by atoms with Crippen molar-refractivity contribution >= 4 is 23.8 Å². The van der Waals surface area contributed by atoms with E-state index in [1.807, 2.05) is 6.92 Å². The fourth-order valence-electron chi connectivity index (χ4n) is 9.99. The predicted molar refractivity (Wildman–Crippen MR) is 174 cm³/mol. The van der Waals surface area contributed by atoms with E-state index in [2.05, 4.69) is 37.9 Å². The Morgan fingerprint density at radius 1 is 1.00 bits per heavy atom. The number of hydrogen-bond donors (Lipinski definition) is 1. The average molecular weight is 658 g/mol. The number of hydrogen-bond acceptors (Lipinski definition) is 9. The minimum atomic E-state index is -1.13. The van der Waals surface area contributed by atoms with E-state index >= 15 is 0 Å². The lowest BCUT2D eigenvalue weighted by molar-refractivity contribution is -0.290. The number of carbonyl (C=O) groups is 4. The summed E-state index contributed by atoms with van der Waals surface area (Å²) in [5.74, 6) is 0.627. The summed E-state index contributed by atoms with van der Waals surface area (Å²) in [5.41, 5.74) is 1.90. The molecular formula is C37H55NO9. The second-order valence-corrected chi connectivity index (χ2v) is 15.1. The number of rotatable bonds is 10. The molecule has 10 heteroatoms. The van der Waals surface area contributed by atoms with Crippen molar-refractivity contribution in [1.29, 1.82) is 0 Å².